The summed E-state index contributed by atoms with van der Waals surface area (Å²) >= 11 is 0. The lowest BCUT2D eigenvalue weighted by molar-refractivity contribution is 0.0698. The molecule has 5 nitrogen and oxygen atoms in total. The summed E-state index contributed by atoms with van der Waals surface area (Å²) in [7, 11) is 0. The molecule has 0 amide bonds. The van der Waals surface area contributed by atoms with Crippen LogP contribution in [0.3, 0.4) is 0 Å². The molecule has 1 heterocycles. The van der Waals surface area contributed by atoms with Crippen LogP contribution < -0.4 is 5.43 Å². The summed E-state index contributed by atoms with van der Waals surface area (Å²) in [6.07, 6.45) is 3.20. The Hall–Kier alpha value is -2.17. The predicted octanol–water partition coefficient (Wildman–Crippen LogP) is 2.15. The summed E-state index contributed by atoms with van der Waals surface area (Å²) in [6, 6.07) is 4.99. The normalized spacial score (nSPS) is 12.9. The highest BCUT2D eigenvalue weighted by atomic mass is 16.4. The molecule has 0 saturated heterocycles. The predicted molar refractivity (Wildman–Crippen MR) is 50.9 cm³/mol. The lowest BCUT2D eigenvalue weighted by Crippen LogP contribution is -2.02. The Balaban J connectivity index is 2.61. The van der Waals surface area contributed by atoms with E-state index in [2.05, 4.69) is 15.8 Å². The largest absolute Gasteiger partial charge is 0.478 e. The van der Waals surface area contributed by atoms with Crippen molar-refractivity contribution < 1.29 is 9.90 Å². The molecule has 1 aromatic rings. The molecule has 1 aromatic carbocycles. The lowest BCUT2D eigenvalue weighted by Gasteiger charge is -2.06. The van der Waals surface area contributed by atoms with Crippen molar-refractivity contribution in [1.82, 2.24) is 0 Å². The molecule has 0 bridgehead atoms. The topological polar surface area (TPSA) is 74.0 Å². The maximum atomic E-state index is 10.8. The fraction of sp³-hybridized carbons (Fsp3) is 0. The van der Waals surface area contributed by atoms with Crippen LogP contribution in [0.4, 0.5) is 5.69 Å². The van der Waals surface area contributed by atoms with Crippen LogP contribution in [0.2, 0.25) is 0 Å². The van der Waals surface area contributed by atoms with Crippen molar-refractivity contribution in [2.45, 2.75) is 0 Å². The van der Waals surface area contributed by atoms with Crippen LogP contribution in [0.5, 0.6) is 0 Å². The van der Waals surface area contributed by atoms with Crippen molar-refractivity contribution in [1.29, 1.82) is 0 Å². The first-order chi connectivity index (χ1) is 6.79. The number of carboxylic acids is 1. The summed E-state index contributed by atoms with van der Waals surface area (Å²) in [5.74, 6) is -0.986. The van der Waals surface area contributed by atoms with Gasteiger partial charge in [0.25, 0.3) is 0 Å². The summed E-state index contributed by atoms with van der Waals surface area (Å²) in [5, 5.41) is 16.1. The van der Waals surface area contributed by atoms with Crippen molar-refractivity contribution in [2.75, 3.05) is 5.43 Å². The molecular weight excluding hydrogens is 182 g/mol. The molecule has 0 aromatic heterocycles. The number of hydrogen-bond donors (Lipinski definition) is 2. The fourth-order valence-electron chi connectivity index (χ4n) is 1.24. The first-order valence-electron chi connectivity index (χ1n) is 3.98. The van der Waals surface area contributed by atoms with E-state index in [1.165, 1.54) is 12.3 Å². The quantitative estimate of drug-likeness (QED) is 0.710. The molecule has 0 unspecified atom stereocenters. The van der Waals surface area contributed by atoms with Crippen LogP contribution in [0, 0.1) is 0 Å². The van der Waals surface area contributed by atoms with Gasteiger partial charge in [-0.05, 0) is 12.1 Å². The minimum absolute atomic E-state index is 0.188. The van der Waals surface area contributed by atoms with Crippen molar-refractivity contribution in [3.05, 3.63) is 35.5 Å². The zero-order valence-corrected chi connectivity index (χ0v) is 7.14. The summed E-state index contributed by atoms with van der Waals surface area (Å²) in [5.41, 5.74) is 4.01. The van der Waals surface area contributed by atoms with Crippen molar-refractivity contribution in [2.24, 2.45) is 10.3 Å². The van der Waals surface area contributed by atoms with Crippen molar-refractivity contribution >= 4 is 17.7 Å². The van der Waals surface area contributed by atoms with Crippen LogP contribution in [-0.2, 0) is 0 Å². The second-order valence-electron chi connectivity index (χ2n) is 2.72. The van der Waals surface area contributed by atoms with E-state index in [1.807, 2.05) is 0 Å². The Morgan fingerprint density at radius 3 is 3.07 bits per heavy atom. The third-order valence-corrected chi connectivity index (χ3v) is 1.87. The number of nitrogens with zero attached hydrogens (tertiary/aromatic N) is 2. The second kappa shape index (κ2) is 3.29. The Kier molecular flexibility index (Phi) is 1.98. The van der Waals surface area contributed by atoms with Crippen LogP contribution in [0.15, 0.2) is 34.7 Å². The van der Waals surface area contributed by atoms with Gasteiger partial charge in [-0.1, -0.05) is 17.4 Å². The van der Waals surface area contributed by atoms with Gasteiger partial charge in [-0.15, -0.1) is 5.11 Å². The van der Waals surface area contributed by atoms with E-state index >= 15 is 0 Å². The molecule has 0 aliphatic carbocycles. The maximum absolute atomic E-state index is 10.8. The molecule has 0 fully saturated rings. The smallest absolute Gasteiger partial charge is 0.337 e. The zero-order chi connectivity index (χ0) is 9.97. The first kappa shape index (κ1) is 8.43. The summed E-state index contributed by atoms with van der Waals surface area (Å²) in [6.45, 7) is 0. The number of anilines is 1. The van der Waals surface area contributed by atoms with Crippen LogP contribution in [-0.4, -0.2) is 11.1 Å². The third kappa shape index (κ3) is 1.35. The van der Waals surface area contributed by atoms with E-state index < -0.39 is 5.97 Å². The van der Waals surface area contributed by atoms with Gasteiger partial charge in [0.15, 0.2) is 0 Å². The van der Waals surface area contributed by atoms with Gasteiger partial charge in [-0.25, -0.2) is 4.79 Å². The molecule has 5 heteroatoms. The average Bonchev–Trinajstić information content (AvgIpc) is 2.41. The van der Waals surface area contributed by atoms with Gasteiger partial charge in [-0.2, -0.15) is 0 Å². The number of hydrogen-bond acceptors (Lipinski definition) is 4. The fourth-order valence-corrected chi connectivity index (χ4v) is 1.24. The number of benzene rings is 1. The standard InChI is InChI=1S/C9H7N3O2/c13-9(14)7-3-1-2-6-4-5-10-12-11-8(6)7/h1-5H,(H,10,11)(H,13,14). The van der Waals surface area contributed by atoms with E-state index in [9.17, 15) is 4.79 Å². The van der Waals surface area contributed by atoms with E-state index in [1.54, 1.807) is 18.2 Å². The first-order valence-corrected chi connectivity index (χ1v) is 3.98. The van der Waals surface area contributed by atoms with Crippen molar-refractivity contribution in [3.63, 3.8) is 0 Å². The maximum Gasteiger partial charge on any atom is 0.337 e. The van der Waals surface area contributed by atoms with Crippen molar-refractivity contribution in [3.8, 4) is 0 Å². The zero-order valence-electron chi connectivity index (χ0n) is 7.14. The van der Waals surface area contributed by atoms with Gasteiger partial charge >= 0.3 is 5.97 Å². The number of aromatic carboxylic acids is 1. The Labute approximate surface area is 79.8 Å². The van der Waals surface area contributed by atoms with E-state index in [0.717, 1.165) is 5.56 Å². The van der Waals surface area contributed by atoms with Gasteiger partial charge in [0.05, 0.1) is 17.5 Å². The molecule has 70 valence electrons. The molecule has 0 saturated carbocycles. The SMILES string of the molecule is O=C(O)c1cccc2c1NN=NC=C2. The van der Waals surface area contributed by atoms with Crippen LogP contribution >= 0.6 is 0 Å². The number of carboxylic acid groups (broad SMARTS) is 1. The lowest BCUT2D eigenvalue weighted by atomic mass is 10.1. The Morgan fingerprint density at radius 1 is 1.43 bits per heavy atom. The van der Waals surface area contributed by atoms with Crippen LogP contribution in [0.1, 0.15) is 15.9 Å². The minimum Gasteiger partial charge on any atom is -0.478 e. The summed E-state index contributed by atoms with van der Waals surface area (Å²) < 4.78 is 0. The summed E-state index contributed by atoms with van der Waals surface area (Å²) in [4.78, 5) is 10.8. The molecule has 0 spiro atoms. The third-order valence-electron chi connectivity index (χ3n) is 1.87. The Morgan fingerprint density at radius 2 is 2.29 bits per heavy atom. The average molecular weight is 189 g/mol. The van der Waals surface area contributed by atoms with Crippen LogP contribution in [0.25, 0.3) is 6.08 Å². The van der Waals surface area contributed by atoms with Gasteiger partial charge in [0, 0.05) is 5.56 Å². The molecular formula is C9H7N3O2. The number of fused-ring (bicyclic) bond motifs is 1. The van der Waals surface area contributed by atoms with E-state index in [4.69, 9.17) is 5.11 Å². The molecule has 0 atom stereocenters. The van der Waals surface area contributed by atoms with E-state index in [-0.39, 0.29) is 5.56 Å². The minimum atomic E-state index is -0.986. The van der Waals surface area contributed by atoms with Gasteiger partial charge < -0.3 is 5.11 Å². The van der Waals surface area contributed by atoms with Gasteiger partial charge in [0.2, 0.25) is 0 Å². The molecule has 1 aliphatic heterocycles. The highest BCUT2D eigenvalue weighted by Crippen LogP contribution is 2.24. The number of para-hydroxylation sites is 1. The van der Waals surface area contributed by atoms with E-state index in [0.29, 0.717) is 5.69 Å². The molecule has 14 heavy (non-hydrogen) atoms. The Bertz CT molecular complexity index is 438. The van der Waals surface area contributed by atoms with Gasteiger partial charge in [-0.3, -0.25) is 5.43 Å². The molecule has 0 radical (unpaired) electrons. The number of rotatable bonds is 1. The number of nitrogens with one attached hydrogen (secondary N) is 1. The monoisotopic (exact) mass is 189 g/mol. The van der Waals surface area contributed by atoms with Gasteiger partial charge in [0.1, 0.15) is 0 Å². The highest BCUT2D eigenvalue weighted by Gasteiger charge is 2.12. The second-order valence-corrected chi connectivity index (χ2v) is 2.72. The molecule has 2 rings (SSSR count). The molecule has 1 aliphatic rings. The highest BCUT2D eigenvalue weighted by molar-refractivity contribution is 5.96. The molecule has 2 N–H and O–H groups in total. The number of carbonyl (C=O) groups is 1.